The minimum absolute atomic E-state index is 0.0202. The van der Waals surface area contributed by atoms with Gasteiger partial charge in [0, 0.05) is 6.42 Å². The fourth-order valence-electron chi connectivity index (χ4n) is 2.29. The van der Waals surface area contributed by atoms with Crippen molar-refractivity contribution in [3.8, 4) is 0 Å². The van der Waals surface area contributed by atoms with Crippen LogP contribution in [-0.2, 0) is 11.2 Å². The molecule has 0 aromatic heterocycles. The molecule has 1 aromatic rings. The number of nitrogens with two attached hydrogens (primary N) is 1. The normalized spacial score (nSPS) is 27.4. The molecule has 1 fully saturated rings. The number of primary amides is 1. The van der Waals surface area contributed by atoms with Crippen molar-refractivity contribution in [1.82, 2.24) is 5.32 Å². The Morgan fingerprint density at radius 1 is 1.61 bits per heavy atom. The van der Waals surface area contributed by atoms with Gasteiger partial charge >= 0.3 is 0 Å². The van der Waals surface area contributed by atoms with Gasteiger partial charge < -0.3 is 11.1 Å². The van der Waals surface area contributed by atoms with Crippen LogP contribution in [0.3, 0.4) is 0 Å². The van der Waals surface area contributed by atoms with Crippen LogP contribution in [0, 0.1) is 5.82 Å². The van der Waals surface area contributed by atoms with Crippen LogP contribution in [0.1, 0.15) is 12.0 Å². The highest BCUT2D eigenvalue weighted by atomic mass is 35.5. The lowest BCUT2D eigenvalue weighted by atomic mass is 9.89. The lowest BCUT2D eigenvalue weighted by Gasteiger charge is -2.24. The number of hydrogen-bond donors (Lipinski definition) is 2. The number of carbonyl (C=O) groups excluding carboxylic acids is 1. The van der Waals surface area contributed by atoms with Crippen LogP contribution in [-0.4, -0.2) is 24.2 Å². The summed E-state index contributed by atoms with van der Waals surface area (Å²) in [5.74, 6) is -1.27. The summed E-state index contributed by atoms with van der Waals surface area (Å²) in [6.07, 6.45) is 0.170. The smallest absolute Gasteiger partial charge is 0.237 e. The average molecular weight is 275 g/mol. The van der Waals surface area contributed by atoms with E-state index in [1.807, 2.05) is 0 Å². The van der Waals surface area contributed by atoms with E-state index in [0.29, 0.717) is 12.1 Å². The Hall–Kier alpha value is -1.20. The van der Waals surface area contributed by atoms with Gasteiger partial charge in [0.15, 0.2) is 0 Å². The second-order valence-electron chi connectivity index (χ2n) is 4.50. The van der Waals surface area contributed by atoms with Crippen molar-refractivity contribution in [3.63, 3.8) is 0 Å². The van der Waals surface area contributed by atoms with E-state index >= 15 is 0 Å². The standard InChI is InChI=1S/C12H13ClF2N2O/c13-8-5-7(1-2-9(8)14)6-12(15)3-4-17-10(12)11(16)18/h1-2,5,10,17H,3-4,6H2,(H2,16,18). The predicted molar refractivity (Wildman–Crippen MR) is 64.6 cm³/mol. The Morgan fingerprint density at radius 3 is 2.94 bits per heavy atom. The summed E-state index contributed by atoms with van der Waals surface area (Å²) in [5, 5.41) is 2.68. The van der Waals surface area contributed by atoms with Crippen LogP contribution in [0.2, 0.25) is 5.02 Å². The summed E-state index contributed by atoms with van der Waals surface area (Å²) in [6, 6.07) is 3.00. The highest BCUT2D eigenvalue weighted by molar-refractivity contribution is 6.30. The maximum atomic E-state index is 14.6. The lowest BCUT2D eigenvalue weighted by Crippen LogP contribution is -2.49. The van der Waals surface area contributed by atoms with Crippen molar-refractivity contribution in [2.24, 2.45) is 5.73 Å². The van der Waals surface area contributed by atoms with Gasteiger partial charge in [-0.05, 0) is 30.7 Å². The van der Waals surface area contributed by atoms with Crippen LogP contribution < -0.4 is 11.1 Å². The van der Waals surface area contributed by atoms with Gasteiger partial charge in [-0.25, -0.2) is 8.78 Å². The van der Waals surface area contributed by atoms with Gasteiger partial charge in [-0.2, -0.15) is 0 Å². The largest absolute Gasteiger partial charge is 0.368 e. The van der Waals surface area contributed by atoms with Gasteiger partial charge in [0.05, 0.1) is 5.02 Å². The third-order valence-corrected chi connectivity index (χ3v) is 3.46. The fraction of sp³-hybridized carbons (Fsp3) is 0.417. The molecule has 3 N–H and O–H groups in total. The molecule has 2 unspecified atom stereocenters. The van der Waals surface area contributed by atoms with Crippen molar-refractivity contribution < 1.29 is 13.6 Å². The van der Waals surface area contributed by atoms with E-state index in [-0.39, 0.29) is 17.9 Å². The molecule has 1 saturated heterocycles. The van der Waals surface area contributed by atoms with E-state index < -0.39 is 23.4 Å². The van der Waals surface area contributed by atoms with E-state index in [1.165, 1.54) is 18.2 Å². The van der Waals surface area contributed by atoms with Crippen molar-refractivity contribution in [2.45, 2.75) is 24.6 Å². The van der Waals surface area contributed by atoms with Crippen LogP contribution in [0.15, 0.2) is 18.2 Å². The molecule has 6 heteroatoms. The minimum atomic E-state index is -1.74. The zero-order chi connectivity index (χ0) is 13.3. The summed E-state index contributed by atoms with van der Waals surface area (Å²) in [6.45, 7) is 0.388. The Balaban J connectivity index is 2.21. The van der Waals surface area contributed by atoms with Crippen LogP contribution in [0.25, 0.3) is 0 Å². The van der Waals surface area contributed by atoms with Crippen molar-refractivity contribution in [2.75, 3.05) is 6.54 Å². The molecule has 1 amide bonds. The Morgan fingerprint density at radius 2 is 2.33 bits per heavy atom. The molecule has 18 heavy (non-hydrogen) atoms. The molecule has 0 aliphatic carbocycles. The minimum Gasteiger partial charge on any atom is -0.368 e. The van der Waals surface area contributed by atoms with Gasteiger partial charge in [-0.1, -0.05) is 17.7 Å². The van der Waals surface area contributed by atoms with Gasteiger partial charge in [0.1, 0.15) is 17.5 Å². The average Bonchev–Trinajstić information content (AvgIpc) is 2.66. The molecular formula is C12H13ClF2N2O. The molecule has 98 valence electrons. The van der Waals surface area contributed by atoms with Crippen LogP contribution >= 0.6 is 11.6 Å². The lowest BCUT2D eigenvalue weighted by molar-refractivity contribution is -0.122. The molecule has 2 rings (SSSR count). The van der Waals surface area contributed by atoms with Crippen molar-refractivity contribution in [1.29, 1.82) is 0 Å². The van der Waals surface area contributed by atoms with E-state index in [2.05, 4.69) is 5.32 Å². The zero-order valence-corrected chi connectivity index (χ0v) is 10.3. The SMILES string of the molecule is NC(=O)C1NCCC1(F)Cc1ccc(F)c(Cl)c1. The molecule has 0 radical (unpaired) electrons. The first-order valence-corrected chi connectivity index (χ1v) is 5.96. The number of nitrogens with one attached hydrogen (secondary N) is 1. The maximum absolute atomic E-state index is 14.6. The first-order valence-electron chi connectivity index (χ1n) is 5.58. The monoisotopic (exact) mass is 274 g/mol. The van der Waals surface area contributed by atoms with Crippen molar-refractivity contribution in [3.05, 3.63) is 34.6 Å². The number of alkyl halides is 1. The summed E-state index contributed by atoms with van der Waals surface area (Å²) < 4.78 is 27.6. The Kier molecular flexibility index (Phi) is 3.54. The predicted octanol–water partition coefficient (Wildman–Crippen LogP) is 1.58. The highest BCUT2D eigenvalue weighted by Gasteiger charge is 2.46. The third kappa shape index (κ3) is 2.47. The quantitative estimate of drug-likeness (QED) is 0.879. The molecule has 1 heterocycles. The second-order valence-corrected chi connectivity index (χ2v) is 4.91. The fourth-order valence-corrected chi connectivity index (χ4v) is 2.49. The Bertz CT molecular complexity index is 483. The molecule has 0 saturated carbocycles. The van der Waals surface area contributed by atoms with Gasteiger partial charge in [0.25, 0.3) is 0 Å². The molecule has 1 aromatic carbocycles. The summed E-state index contributed by atoms with van der Waals surface area (Å²) in [4.78, 5) is 11.2. The molecule has 1 aliphatic rings. The number of rotatable bonds is 3. The van der Waals surface area contributed by atoms with E-state index in [1.54, 1.807) is 0 Å². The van der Waals surface area contributed by atoms with Gasteiger partial charge in [0.2, 0.25) is 5.91 Å². The third-order valence-electron chi connectivity index (χ3n) is 3.17. The topological polar surface area (TPSA) is 55.1 Å². The maximum Gasteiger partial charge on any atom is 0.237 e. The summed E-state index contributed by atoms with van der Waals surface area (Å²) in [5.41, 5.74) is 3.95. The van der Waals surface area contributed by atoms with Crippen LogP contribution in [0.5, 0.6) is 0 Å². The van der Waals surface area contributed by atoms with Gasteiger partial charge in [-0.15, -0.1) is 0 Å². The van der Waals surface area contributed by atoms with Crippen molar-refractivity contribution >= 4 is 17.5 Å². The number of amides is 1. The summed E-state index contributed by atoms with van der Waals surface area (Å²) in [7, 11) is 0. The number of halogens is 3. The van der Waals surface area contributed by atoms with E-state index in [0.717, 1.165) is 0 Å². The molecule has 0 bridgehead atoms. The number of benzene rings is 1. The first-order chi connectivity index (χ1) is 8.42. The second kappa shape index (κ2) is 4.82. The number of carbonyl (C=O) groups is 1. The highest BCUT2D eigenvalue weighted by Crippen LogP contribution is 2.31. The zero-order valence-electron chi connectivity index (χ0n) is 9.55. The molecular weight excluding hydrogens is 262 g/mol. The Labute approximate surface area is 108 Å². The van der Waals surface area contributed by atoms with Gasteiger partial charge in [-0.3, -0.25) is 4.79 Å². The molecule has 3 nitrogen and oxygen atoms in total. The number of hydrogen-bond acceptors (Lipinski definition) is 2. The molecule has 0 spiro atoms. The van der Waals surface area contributed by atoms with E-state index in [9.17, 15) is 13.6 Å². The van der Waals surface area contributed by atoms with E-state index in [4.69, 9.17) is 17.3 Å². The van der Waals surface area contributed by atoms with Crippen LogP contribution in [0.4, 0.5) is 8.78 Å². The molecule has 2 atom stereocenters. The molecule has 1 aliphatic heterocycles. The first kappa shape index (κ1) is 13.2. The summed E-state index contributed by atoms with van der Waals surface area (Å²) >= 11 is 5.64.